The van der Waals surface area contributed by atoms with Gasteiger partial charge >= 0.3 is 6.03 Å². The molecule has 0 aliphatic carbocycles. The molecular formula is C17H24FN3O2. The maximum absolute atomic E-state index is 13.8. The molecule has 0 aromatic heterocycles. The van der Waals surface area contributed by atoms with Crippen molar-refractivity contribution in [2.45, 2.75) is 24.9 Å². The van der Waals surface area contributed by atoms with E-state index in [0.717, 1.165) is 39.3 Å². The minimum Gasteiger partial charge on any atom is -0.389 e. The number of hydrogen-bond acceptors (Lipinski definition) is 3. The SMILES string of the molecule is O=C1NCCN1CCN1CCC(O)(Cc2ccccc2F)CC1. The number of amides is 2. The molecule has 0 saturated carbocycles. The maximum atomic E-state index is 13.8. The van der Waals surface area contributed by atoms with Crippen molar-refractivity contribution in [3.8, 4) is 0 Å². The average molecular weight is 321 g/mol. The van der Waals surface area contributed by atoms with E-state index in [-0.39, 0.29) is 11.8 Å². The van der Waals surface area contributed by atoms with Crippen molar-refractivity contribution in [1.29, 1.82) is 0 Å². The van der Waals surface area contributed by atoms with E-state index in [4.69, 9.17) is 0 Å². The highest BCUT2D eigenvalue weighted by atomic mass is 19.1. The van der Waals surface area contributed by atoms with Crippen LogP contribution in [0.3, 0.4) is 0 Å². The van der Waals surface area contributed by atoms with Crippen LogP contribution in [0.5, 0.6) is 0 Å². The molecule has 23 heavy (non-hydrogen) atoms. The highest BCUT2D eigenvalue weighted by Crippen LogP contribution is 2.27. The summed E-state index contributed by atoms with van der Waals surface area (Å²) < 4.78 is 13.8. The number of hydrogen-bond donors (Lipinski definition) is 2. The molecule has 2 amide bonds. The number of urea groups is 1. The first-order valence-corrected chi connectivity index (χ1v) is 8.27. The van der Waals surface area contributed by atoms with Crippen LogP contribution in [-0.4, -0.2) is 65.8 Å². The van der Waals surface area contributed by atoms with Crippen LogP contribution in [0.15, 0.2) is 24.3 Å². The van der Waals surface area contributed by atoms with Gasteiger partial charge in [-0.25, -0.2) is 9.18 Å². The molecule has 2 heterocycles. The van der Waals surface area contributed by atoms with E-state index in [2.05, 4.69) is 10.2 Å². The normalized spacial score (nSPS) is 21.5. The third-order valence-corrected chi connectivity index (χ3v) is 4.90. The van der Waals surface area contributed by atoms with Crippen molar-refractivity contribution < 1.29 is 14.3 Å². The molecular weight excluding hydrogens is 297 g/mol. The van der Waals surface area contributed by atoms with Crippen molar-refractivity contribution in [3.05, 3.63) is 35.6 Å². The highest BCUT2D eigenvalue weighted by molar-refractivity contribution is 5.76. The second kappa shape index (κ2) is 6.84. The number of aliphatic hydroxyl groups is 1. The first-order chi connectivity index (χ1) is 11.1. The van der Waals surface area contributed by atoms with Gasteiger partial charge in [0.05, 0.1) is 5.60 Å². The lowest BCUT2D eigenvalue weighted by molar-refractivity contribution is -0.0218. The lowest BCUT2D eigenvalue weighted by Gasteiger charge is -2.38. The van der Waals surface area contributed by atoms with Gasteiger partial charge in [0.15, 0.2) is 0 Å². The Morgan fingerprint density at radius 1 is 1.17 bits per heavy atom. The second-order valence-corrected chi connectivity index (χ2v) is 6.55. The first-order valence-electron chi connectivity index (χ1n) is 8.27. The van der Waals surface area contributed by atoms with Crippen LogP contribution in [0.25, 0.3) is 0 Å². The van der Waals surface area contributed by atoms with E-state index in [1.54, 1.807) is 18.2 Å². The van der Waals surface area contributed by atoms with Gasteiger partial charge in [-0.2, -0.15) is 0 Å². The topological polar surface area (TPSA) is 55.8 Å². The standard InChI is InChI=1S/C17H24FN3O2/c18-15-4-2-1-3-14(15)13-17(23)5-8-20(9-6-17)11-12-21-10-7-19-16(21)22/h1-4,23H,5-13H2,(H,19,22). The van der Waals surface area contributed by atoms with E-state index in [0.29, 0.717) is 24.8 Å². The molecule has 1 aromatic carbocycles. The third kappa shape index (κ3) is 4.00. The molecule has 2 saturated heterocycles. The van der Waals surface area contributed by atoms with Crippen LogP contribution >= 0.6 is 0 Å². The molecule has 2 aliphatic heterocycles. The third-order valence-electron chi connectivity index (χ3n) is 4.90. The molecule has 0 atom stereocenters. The summed E-state index contributed by atoms with van der Waals surface area (Å²) in [5.74, 6) is -0.247. The molecule has 2 fully saturated rings. The van der Waals surface area contributed by atoms with Gasteiger partial charge in [0.2, 0.25) is 0 Å². The van der Waals surface area contributed by atoms with Crippen LogP contribution in [0.1, 0.15) is 18.4 Å². The number of halogens is 1. The van der Waals surface area contributed by atoms with Gasteiger partial charge in [-0.05, 0) is 24.5 Å². The van der Waals surface area contributed by atoms with Crippen molar-refractivity contribution in [2.24, 2.45) is 0 Å². The Labute approximate surface area is 136 Å². The fourth-order valence-corrected chi connectivity index (χ4v) is 3.35. The smallest absolute Gasteiger partial charge is 0.317 e. The summed E-state index contributed by atoms with van der Waals surface area (Å²) in [6.45, 7) is 4.59. The Bertz CT molecular complexity index is 559. The molecule has 6 heteroatoms. The van der Waals surface area contributed by atoms with Crippen molar-refractivity contribution in [2.75, 3.05) is 39.3 Å². The fourth-order valence-electron chi connectivity index (χ4n) is 3.35. The van der Waals surface area contributed by atoms with Gasteiger partial charge < -0.3 is 20.2 Å². The number of carbonyl (C=O) groups excluding carboxylic acids is 1. The number of benzene rings is 1. The van der Waals surface area contributed by atoms with Gasteiger partial charge in [-0.15, -0.1) is 0 Å². The van der Waals surface area contributed by atoms with E-state index in [1.807, 2.05) is 4.90 Å². The molecule has 0 bridgehead atoms. The summed E-state index contributed by atoms with van der Waals surface area (Å²) in [5, 5.41) is 13.5. The Balaban J connectivity index is 1.47. The van der Waals surface area contributed by atoms with Crippen LogP contribution in [-0.2, 0) is 6.42 Å². The van der Waals surface area contributed by atoms with Gasteiger partial charge in [0, 0.05) is 45.7 Å². The molecule has 2 N–H and O–H groups in total. The monoisotopic (exact) mass is 321 g/mol. The lowest BCUT2D eigenvalue weighted by Crippen LogP contribution is -2.47. The van der Waals surface area contributed by atoms with Crippen LogP contribution in [0.4, 0.5) is 9.18 Å². The van der Waals surface area contributed by atoms with Crippen molar-refractivity contribution >= 4 is 6.03 Å². The molecule has 1 aromatic rings. The summed E-state index contributed by atoms with van der Waals surface area (Å²) in [5.41, 5.74) is -0.249. The van der Waals surface area contributed by atoms with E-state index < -0.39 is 5.60 Å². The molecule has 0 unspecified atom stereocenters. The zero-order chi connectivity index (χ0) is 16.3. The summed E-state index contributed by atoms with van der Waals surface area (Å²) in [7, 11) is 0. The molecule has 0 radical (unpaired) electrons. The van der Waals surface area contributed by atoms with Crippen molar-refractivity contribution in [3.63, 3.8) is 0 Å². The number of nitrogens with one attached hydrogen (secondary N) is 1. The number of likely N-dealkylation sites (tertiary alicyclic amines) is 1. The lowest BCUT2D eigenvalue weighted by atomic mass is 9.85. The number of piperidine rings is 1. The summed E-state index contributed by atoms with van der Waals surface area (Å²) in [6.07, 6.45) is 1.63. The number of rotatable bonds is 5. The van der Waals surface area contributed by atoms with E-state index >= 15 is 0 Å². The molecule has 126 valence electrons. The van der Waals surface area contributed by atoms with Crippen LogP contribution < -0.4 is 5.32 Å². The largest absolute Gasteiger partial charge is 0.389 e. The Kier molecular flexibility index (Phi) is 4.82. The number of carbonyl (C=O) groups is 1. The maximum Gasteiger partial charge on any atom is 0.317 e. The van der Waals surface area contributed by atoms with Gasteiger partial charge in [0.1, 0.15) is 5.82 Å². The van der Waals surface area contributed by atoms with E-state index in [1.165, 1.54) is 6.07 Å². The van der Waals surface area contributed by atoms with E-state index in [9.17, 15) is 14.3 Å². The molecule has 5 nitrogen and oxygen atoms in total. The highest BCUT2D eigenvalue weighted by Gasteiger charge is 2.33. The minimum atomic E-state index is -0.830. The number of nitrogens with zero attached hydrogens (tertiary/aromatic N) is 2. The quantitative estimate of drug-likeness (QED) is 0.857. The van der Waals surface area contributed by atoms with Crippen molar-refractivity contribution in [1.82, 2.24) is 15.1 Å². The summed E-state index contributed by atoms with van der Waals surface area (Å²) >= 11 is 0. The zero-order valence-corrected chi connectivity index (χ0v) is 13.3. The summed E-state index contributed by atoms with van der Waals surface area (Å²) in [4.78, 5) is 15.6. The van der Waals surface area contributed by atoms with Gasteiger partial charge in [-0.3, -0.25) is 0 Å². The molecule has 2 aliphatic rings. The Morgan fingerprint density at radius 2 is 1.91 bits per heavy atom. The van der Waals surface area contributed by atoms with Crippen LogP contribution in [0, 0.1) is 5.82 Å². The Hall–Kier alpha value is -1.66. The fraction of sp³-hybridized carbons (Fsp3) is 0.588. The van der Waals surface area contributed by atoms with Gasteiger partial charge in [-0.1, -0.05) is 18.2 Å². The minimum absolute atomic E-state index is 0.0121. The Morgan fingerprint density at radius 3 is 2.57 bits per heavy atom. The predicted octanol–water partition coefficient (Wildman–Crippen LogP) is 1.22. The predicted molar refractivity (Wildman–Crippen MR) is 85.7 cm³/mol. The molecule has 3 rings (SSSR count). The summed E-state index contributed by atoms with van der Waals surface area (Å²) in [6, 6.07) is 6.66. The second-order valence-electron chi connectivity index (χ2n) is 6.55. The first kappa shape index (κ1) is 16.2. The van der Waals surface area contributed by atoms with Crippen LogP contribution in [0.2, 0.25) is 0 Å². The average Bonchev–Trinajstić information content (AvgIpc) is 2.94. The van der Waals surface area contributed by atoms with Gasteiger partial charge in [0.25, 0.3) is 0 Å². The molecule has 0 spiro atoms. The zero-order valence-electron chi connectivity index (χ0n) is 13.3.